The Bertz CT molecular complexity index is 557. The minimum Gasteiger partial charge on any atom is -0.397 e. The summed E-state index contributed by atoms with van der Waals surface area (Å²) in [7, 11) is 0. The molecule has 0 aliphatic carbocycles. The van der Waals surface area contributed by atoms with E-state index in [1.54, 1.807) is 0 Å². The van der Waals surface area contributed by atoms with Crippen molar-refractivity contribution in [2.75, 3.05) is 5.73 Å². The molecule has 0 aliphatic rings. The predicted molar refractivity (Wildman–Crippen MR) is 71.3 cm³/mol. The molecule has 0 saturated heterocycles. The van der Waals surface area contributed by atoms with Gasteiger partial charge in [-0.05, 0) is 11.6 Å². The van der Waals surface area contributed by atoms with Gasteiger partial charge in [0.1, 0.15) is 5.15 Å². The van der Waals surface area contributed by atoms with Gasteiger partial charge in [-0.15, -0.1) is 0 Å². The van der Waals surface area contributed by atoms with Crippen LogP contribution in [0.4, 0.5) is 5.69 Å². The van der Waals surface area contributed by atoms with Crippen LogP contribution in [-0.2, 0) is 6.54 Å². The van der Waals surface area contributed by atoms with Crippen LogP contribution in [0.1, 0.15) is 15.9 Å². The Kier molecular flexibility index (Phi) is 3.79. The average molecular weight is 262 g/mol. The molecule has 2 aromatic rings. The lowest BCUT2D eigenvalue weighted by Crippen LogP contribution is -2.23. The number of halogens is 1. The molecule has 92 valence electrons. The van der Waals surface area contributed by atoms with Crippen molar-refractivity contribution in [3.05, 3.63) is 58.9 Å². The van der Waals surface area contributed by atoms with Crippen LogP contribution in [0.15, 0.2) is 42.6 Å². The molecule has 3 N–H and O–H groups in total. The number of nitrogens with two attached hydrogens (primary N) is 1. The number of carbonyl (C=O) groups excluding carboxylic acids is 1. The van der Waals surface area contributed by atoms with E-state index in [-0.39, 0.29) is 16.6 Å². The van der Waals surface area contributed by atoms with Crippen LogP contribution in [0.25, 0.3) is 0 Å². The van der Waals surface area contributed by atoms with Crippen LogP contribution in [0.5, 0.6) is 0 Å². The van der Waals surface area contributed by atoms with Gasteiger partial charge >= 0.3 is 0 Å². The Labute approximate surface area is 110 Å². The maximum Gasteiger partial charge on any atom is 0.254 e. The van der Waals surface area contributed by atoms with Gasteiger partial charge in [0.25, 0.3) is 5.91 Å². The molecular weight excluding hydrogens is 250 g/mol. The van der Waals surface area contributed by atoms with Crippen molar-refractivity contribution in [2.24, 2.45) is 0 Å². The largest absolute Gasteiger partial charge is 0.397 e. The smallest absolute Gasteiger partial charge is 0.254 e. The summed E-state index contributed by atoms with van der Waals surface area (Å²) in [4.78, 5) is 15.7. The number of anilines is 1. The van der Waals surface area contributed by atoms with Crippen molar-refractivity contribution in [3.63, 3.8) is 0 Å². The number of amides is 1. The highest BCUT2D eigenvalue weighted by Gasteiger charge is 2.11. The predicted octanol–water partition coefficient (Wildman–Crippen LogP) is 2.25. The Morgan fingerprint density at radius 1 is 1.33 bits per heavy atom. The van der Waals surface area contributed by atoms with Crippen LogP contribution in [-0.4, -0.2) is 10.9 Å². The summed E-state index contributed by atoms with van der Waals surface area (Å²) in [6.45, 7) is 0.435. The number of aromatic nitrogens is 1. The Hall–Kier alpha value is -2.07. The summed E-state index contributed by atoms with van der Waals surface area (Å²) in [5, 5.41) is 2.91. The highest BCUT2D eigenvalue weighted by atomic mass is 35.5. The number of nitrogens with one attached hydrogen (secondary N) is 1. The third-order valence-electron chi connectivity index (χ3n) is 2.40. The van der Waals surface area contributed by atoms with Crippen LogP contribution in [0.2, 0.25) is 5.15 Å². The van der Waals surface area contributed by atoms with E-state index < -0.39 is 0 Å². The second kappa shape index (κ2) is 5.51. The van der Waals surface area contributed by atoms with Gasteiger partial charge in [0.05, 0.1) is 17.4 Å². The van der Waals surface area contributed by atoms with Crippen molar-refractivity contribution in [1.82, 2.24) is 10.3 Å². The second-order valence-corrected chi connectivity index (χ2v) is 4.13. The zero-order chi connectivity index (χ0) is 13.0. The summed E-state index contributed by atoms with van der Waals surface area (Å²) in [5.41, 5.74) is 7.28. The molecule has 1 aromatic heterocycles. The normalized spacial score (nSPS) is 10.1. The van der Waals surface area contributed by atoms with Crippen molar-refractivity contribution < 1.29 is 4.79 Å². The third kappa shape index (κ3) is 2.99. The molecule has 0 fully saturated rings. The zero-order valence-electron chi connectivity index (χ0n) is 9.56. The number of nitrogen functional groups attached to an aromatic ring is 1. The highest BCUT2D eigenvalue weighted by Crippen LogP contribution is 2.15. The Balaban J connectivity index is 2.06. The first-order valence-electron chi connectivity index (χ1n) is 5.40. The average Bonchev–Trinajstić information content (AvgIpc) is 2.40. The second-order valence-electron chi connectivity index (χ2n) is 3.78. The summed E-state index contributed by atoms with van der Waals surface area (Å²) in [5.74, 6) is -0.288. The standard InChI is InChI=1S/C13H12ClN3O/c14-12-11(6-10(15)8-16-12)13(18)17-7-9-4-2-1-3-5-9/h1-6,8H,7,15H2,(H,17,18). The van der Waals surface area contributed by atoms with E-state index in [9.17, 15) is 4.79 Å². The number of pyridine rings is 1. The fourth-order valence-corrected chi connectivity index (χ4v) is 1.69. The molecule has 1 heterocycles. The monoisotopic (exact) mass is 261 g/mol. The molecule has 2 rings (SSSR count). The first-order chi connectivity index (χ1) is 8.66. The third-order valence-corrected chi connectivity index (χ3v) is 2.70. The van der Waals surface area contributed by atoms with E-state index in [1.807, 2.05) is 30.3 Å². The van der Waals surface area contributed by atoms with Gasteiger partial charge in [0, 0.05) is 6.54 Å². The minimum atomic E-state index is -0.288. The molecule has 0 atom stereocenters. The quantitative estimate of drug-likeness (QED) is 0.833. The molecule has 0 radical (unpaired) electrons. The van der Waals surface area contributed by atoms with Gasteiger partial charge < -0.3 is 11.1 Å². The lowest BCUT2D eigenvalue weighted by atomic mass is 10.2. The first kappa shape index (κ1) is 12.4. The van der Waals surface area contributed by atoms with Crippen molar-refractivity contribution in [1.29, 1.82) is 0 Å². The number of benzene rings is 1. The molecule has 0 aliphatic heterocycles. The fraction of sp³-hybridized carbons (Fsp3) is 0.0769. The van der Waals surface area contributed by atoms with E-state index in [1.165, 1.54) is 12.3 Å². The summed E-state index contributed by atoms with van der Waals surface area (Å²) in [6, 6.07) is 11.1. The van der Waals surface area contributed by atoms with Gasteiger partial charge in [-0.1, -0.05) is 41.9 Å². The Morgan fingerprint density at radius 3 is 2.78 bits per heavy atom. The molecular formula is C13H12ClN3O. The number of nitrogens with zero attached hydrogens (tertiary/aromatic N) is 1. The number of hydrogen-bond donors (Lipinski definition) is 2. The van der Waals surface area contributed by atoms with Crippen molar-refractivity contribution >= 4 is 23.2 Å². The van der Waals surface area contributed by atoms with E-state index in [0.717, 1.165) is 5.56 Å². The zero-order valence-corrected chi connectivity index (χ0v) is 10.3. The highest BCUT2D eigenvalue weighted by molar-refractivity contribution is 6.32. The van der Waals surface area contributed by atoms with Crippen LogP contribution < -0.4 is 11.1 Å². The number of carbonyl (C=O) groups is 1. The van der Waals surface area contributed by atoms with Gasteiger partial charge in [-0.25, -0.2) is 4.98 Å². The van der Waals surface area contributed by atoms with Gasteiger partial charge in [-0.3, -0.25) is 4.79 Å². The Morgan fingerprint density at radius 2 is 2.06 bits per heavy atom. The molecule has 1 amide bonds. The van der Waals surface area contributed by atoms with E-state index in [2.05, 4.69) is 10.3 Å². The molecule has 0 spiro atoms. The topological polar surface area (TPSA) is 68.0 Å². The van der Waals surface area contributed by atoms with Crippen molar-refractivity contribution in [2.45, 2.75) is 6.54 Å². The van der Waals surface area contributed by atoms with Gasteiger partial charge in [0.2, 0.25) is 0 Å². The van der Waals surface area contributed by atoms with Crippen molar-refractivity contribution in [3.8, 4) is 0 Å². The maximum absolute atomic E-state index is 11.9. The number of rotatable bonds is 3. The summed E-state index contributed by atoms with van der Waals surface area (Å²) >= 11 is 5.85. The molecule has 0 unspecified atom stereocenters. The molecule has 0 bridgehead atoms. The molecule has 5 heteroatoms. The maximum atomic E-state index is 11.9. The SMILES string of the molecule is Nc1cnc(Cl)c(C(=O)NCc2ccccc2)c1. The van der Waals surface area contributed by atoms with Gasteiger partial charge in [0.15, 0.2) is 0 Å². The lowest BCUT2D eigenvalue weighted by molar-refractivity contribution is 0.0951. The number of hydrogen-bond acceptors (Lipinski definition) is 3. The summed E-state index contributed by atoms with van der Waals surface area (Å²) < 4.78 is 0. The first-order valence-corrected chi connectivity index (χ1v) is 5.78. The fourth-order valence-electron chi connectivity index (χ4n) is 1.50. The summed E-state index contributed by atoms with van der Waals surface area (Å²) in [6.07, 6.45) is 1.41. The lowest BCUT2D eigenvalue weighted by Gasteiger charge is -2.07. The molecule has 0 saturated carbocycles. The van der Waals surface area contributed by atoms with E-state index in [0.29, 0.717) is 12.2 Å². The van der Waals surface area contributed by atoms with Gasteiger partial charge in [-0.2, -0.15) is 0 Å². The van der Waals surface area contributed by atoms with Crippen LogP contribution in [0.3, 0.4) is 0 Å². The molecule has 4 nitrogen and oxygen atoms in total. The van der Waals surface area contributed by atoms with Crippen LogP contribution in [0, 0.1) is 0 Å². The minimum absolute atomic E-state index is 0.148. The molecule has 18 heavy (non-hydrogen) atoms. The van der Waals surface area contributed by atoms with E-state index >= 15 is 0 Å². The molecule has 1 aromatic carbocycles. The van der Waals surface area contributed by atoms with E-state index in [4.69, 9.17) is 17.3 Å². The van der Waals surface area contributed by atoms with Crippen LogP contribution >= 0.6 is 11.6 Å².